The summed E-state index contributed by atoms with van der Waals surface area (Å²) in [4.78, 5) is 25.4. The van der Waals surface area contributed by atoms with Crippen LogP contribution in [-0.2, 0) is 4.79 Å². The maximum atomic E-state index is 12.4. The Balaban J connectivity index is 1.32. The minimum Gasteiger partial charge on any atom is -0.356 e. The van der Waals surface area contributed by atoms with Crippen molar-refractivity contribution in [2.24, 2.45) is 11.8 Å². The summed E-state index contributed by atoms with van der Waals surface area (Å²) in [5, 5.41) is 3.24. The van der Waals surface area contributed by atoms with Crippen LogP contribution < -0.4 is 5.32 Å². The van der Waals surface area contributed by atoms with Crippen molar-refractivity contribution in [2.75, 3.05) is 6.54 Å². The molecule has 1 N–H and O–H groups in total. The van der Waals surface area contributed by atoms with E-state index in [4.69, 9.17) is 0 Å². The van der Waals surface area contributed by atoms with Crippen LogP contribution in [0.3, 0.4) is 0 Å². The average Bonchev–Trinajstić information content (AvgIpc) is 2.79. The molecule has 2 heterocycles. The minimum atomic E-state index is 0.258. The first-order chi connectivity index (χ1) is 13.8. The molecule has 0 saturated heterocycles. The number of hydrogen-bond acceptors (Lipinski definition) is 4. The third-order valence-corrected chi connectivity index (χ3v) is 6.51. The number of rotatable bonds is 5. The smallest absolute Gasteiger partial charge is 0.223 e. The number of nitrogens with zero attached hydrogens (tertiary/aromatic N) is 3. The Hall–Kier alpha value is -2.30. The second-order valence-electron chi connectivity index (χ2n) is 8.36. The molecule has 2 aliphatic rings. The van der Waals surface area contributed by atoms with Crippen LogP contribution in [0.5, 0.6) is 0 Å². The zero-order chi connectivity index (χ0) is 19.2. The fourth-order valence-corrected chi connectivity index (χ4v) is 4.81. The molecule has 2 aromatic heterocycles. The van der Waals surface area contributed by atoms with Gasteiger partial charge in [-0.1, -0.05) is 19.3 Å². The summed E-state index contributed by atoms with van der Waals surface area (Å²) in [5.74, 6) is 1.61. The van der Waals surface area contributed by atoms with Crippen molar-refractivity contribution < 1.29 is 4.79 Å². The molecular weight excluding hydrogens is 348 g/mol. The van der Waals surface area contributed by atoms with E-state index < -0.39 is 0 Å². The van der Waals surface area contributed by atoms with Crippen LogP contribution >= 0.6 is 0 Å². The lowest BCUT2D eigenvalue weighted by Gasteiger charge is -2.30. The average molecular weight is 379 g/mol. The fraction of sp³-hybridized carbons (Fsp3) is 0.565. The highest BCUT2D eigenvalue weighted by molar-refractivity contribution is 5.78. The van der Waals surface area contributed by atoms with Gasteiger partial charge in [-0.3, -0.25) is 9.78 Å². The Kier molecular flexibility index (Phi) is 6.30. The fourth-order valence-electron chi connectivity index (χ4n) is 4.81. The molecule has 0 unspecified atom stereocenters. The number of pyridine rings is 1. The van der Waals surface area contributed by atoms with E-state index in [1.165, 1.54) is 19.3 Å². The van der Waals surface area contributed by atoms with Gasteiger partial charge in [0.2, 0.25) is 5.91 Å². The largest absolute Gasteiger partial charge is 0.356 e. The SMILES string of the molecule is O=C(NCC1CCC(c2ncncc2-c2ccncc2)CC1)C1CCCCC1. The molecule has 5 nitrogen and oxygen atoms in total. The third-order valence-electron chi connectivity index (χ3n) is 6.51. The van der Waals surface area contributed by atoms with Gasteiger partial charge in [-0.15, -0.1) is 0 Å². The van der Waals surface area contributed by atoms with Crippen LogP contribution in [0.4, 0.5) is 0 Å². The summed E-state index contributed by atoms with van der Waals surface area (Å²) >= 11 is 0. The summed E-state index contributed by atoms with van der Waals surface area (Å²) in [6.07, 6.45) is 17.6. The molecule has 0 spiro atoms. The van der Waals surface area contributed by atoms with Crippen LogP contribution in [0.25, 0.3) is 11.1 Å². The molecule has 0 aliphatic heterocycles. The highest BCUT2D eigenvalue weighted by Gasteiger charge is 2.27. The molecule has 28 heavy (non-hydrogen) atoms. The first-order valence-corrected chi connectivity index (χ1v) is 10.8. The van der Waals surface area contributed by atoms with Gasteiger partial charge >= 0.3 is 0 Å². The van der Waals surface area contributed by atoms with Crippen molar-refractivity contribution >= 4 is 5.91 Å². The number of carbonyl (C=O) groups excluding carboxylic acids is 1. The van der Waals surface area contributed by atoms with E-state index in [2.05, 4.69) is 20.3 Å². The summed E-state index contributed by atoms with van der Waals surface area (Å²) in [5.41, 5.74) is 3.41. The molecule has 0 radical (unpaired) electrons. The zero-order valence-corrected chi connectivity index (χ0v) is 16.5. The molecule has 1 amide bonds. The Morgan fingerprint density at radius 1 is 0.964 bits per heavy atom. The first kappa shape index (κ1) is 19.0. The Labute approximate surface area is 167 Å². The molecule has 0 atom stereocenters. The van der Waals surface area contributed by atoms with Gasteiger partial charge in [-0.25, -0.2) is 9.97 Å². The summed E-state index contributed by atoms with van der Waals surface area (Å²) in [7, 11) is 0. The lowest BCUT2D eigenvalue weighted by Crippen LogP contribution is -2.36. The lowest BCUT2D eigenvalue weighted by molar-refractivity contribution is -0.126. The highest BCUT2D eigenvalue weighted by atomic mass is 16.1. The topological polar surface area (TPSA) is 67.8 Å². The molecule has 2 aliphatic carbocycles. The molecule has 0 aromatic carbocycles. The first-order valence-electron chi connectivity index (χ1n) is 10.8. The number of nitrogens with one attached hydrogen (secondary N) is 1. The van der Waals surface area contributed by atoms with Crippen molar-refractivity contribution in [1.82, 2.24) is 20.3 Å². The molecule has 5 heteroatoms. The number of amides is 1. The monoisotopic (exact) mass is 378 g/mol. The molecule has 0 bridgehead atoms. The molecule has 4 rings (SSSR count). The van der Waals surface area contributed by atoms with E-state index in [1.807, 2.05) is 30.7 Å². The summed E-state index contributed by atoms with van der Waals surface area (Å²) in [6.45, 7) is 0.836. The maximum absolute atomic E-state index is 12.4. The van der Waals surface area contributed by atoms with E-state index in [0.29, 0.717) is 11.8 Å². The van der Waals surface area contributed by atoms with Gasteiger partial charge in [0.15, 0.2) is 0 Å². The number of aromatic nitrogens is 3. The van der Waals surface area contributed by atoms with Gasteiger partial charge in [0, 0.05) is 42.5 Å². The van der Waals surface area contributed by atoms with Crippen LogP contribution in [0.15, 0.2) is 37.1 Å². The van der Waals surface area contributed by atoms with Crippen molar-refractivity contribution in [3.63, 3.8) is 0 Å². The zero-order valence-electron chi connectivity index (χ0n) is 16.5. The van der Waals surface area contributed by atoms with E-state index in [1.54, 1.807) is 6.33 Å². The van der Waals surface area contributed by atoms with Crippen LogP contribution in [0, 0.1) is 11.8 Å². The molecular formula is C23H30N4O. The van der Waals surface area contributed by atoms with Crippen LogP contribution in [0.2, 0.25) is 0 Å². The summed E-state index contributed by atoms with van der Waals surface area (Å²) in [6, 6.07) is 4.04. The Morgan fingerprint density at radius 3 is 2.46 bits per heavy atom. The van der Waals surface area contributed by atoms with E-state index in [-0.39, 0.29) is 11.8 Å². The van der Waals surface area contributed by atoms with Crippen LogP contribution in [-0.4, -0.2) is 27.4 Å². The van der Waals surface area contributed by atoms with Gasteiger partial charge in [-0.2, -0.15) is 0 Å². The van der Waals surface area contributed by atoms with Gasteiger partial charge in [0.1, 0.15) is 6.33 Å². The third kappa shape index (κ3) is 4.57. The van der Waals surface area contributed by atoms with Crippen molar-refractivity contribution in [1.29, 1.82) is 0 Å². The minimum absolute atomic E-state index is 0.258. The Bertz CT molecular complexity index is 765. The van der Waals surface area contributed by atoms with Gasteiger partial charge < -0.3 is 5.32 Å². The quantitative estimate of drug-likeness (QED) is 0.831. The van der Waals surface area contributed by atoms with Crippen molar-refractivity contribution in [3.8, 4) is 11.1 Å². The normalized spacial score (nSPS) is 23.3. The Morgan fingerprint density at radius 2 is 1.71 bits per heavy atom. The predicted molar refractivity (Wildman–Crippen MR) is 110 cm³/mol. The molecule has 148 valence electrons. The lowest BCUT2D eigenvalue weighted by atomic mass is 9.79. The number of hydrogen-bond donors (Lipinski definition) is 1. The highest BCUT2D eigenvalue weighted by Crippen LogP contribution is 2.38. The predicted octanol–water partition coefficient (Wildman–Crippen LogP) is 4.51. The van der Waals surface area contributed by atoms with E-state index in [9.17, 15) is 4.79 Å². The van der Waals surface area contributed by atoms with Gasteiger partial charge in [0.25, 0.3) is 0 Å². The van der Waals surface area contributed by atoms with Gasteiger partial charge in [-0.05, 0) is 62.1 Å². The molecule has 2 fully saturated rings. The van der Waals surface area contributed by atoms with Crippen molar-refractivity contribution in [2.45, 2.75) is 63.7 Å². The maximum Gasteiger partial charge on any atom is 0.223 e. The second-order valence-corrected chi connectivity index (χ2v) is 8.36. The summed E-state index contributed by atoms with van der Waals surface area (Å²) < 4.78 is 0. The molecule has 2 saturated carbocycles. The van der Waals surface area contributed by atoms with Crippen molar-refractivity contribution in [3.05, 3.63) is 42.7 Å². The molecule has 2 aromatic rings. The van der Waals surface area contributed by atoms with E-state index in [0.717, 1.165) is 61.9 Å². The number of carbonyl (C=O) groups is 1. The van der Waals surface area contributed by atoms with Gasteiger partial charge in [0.05, 0.1) is 5.69 Å². The standard InChI is InChI=1S/C23H30N4O/c28-23(20-4-2-1-3-5-20)26-14-17-6-8-19(9-7-17)22-21(15-25-16-27-22)18-10-12-24-13-11-18/h10-13,15-17,19-20H,1-9,14H2,(H,26,28). The van der Waals surface area contributed by atoms with E-state index >= 15 is 0 Å². The second kappa shape index (κ2) is 9.26. The van der Waals surface area contributed by atoms with Crippen LogP contribution in [0.1, 0.15) is 69.4 Å².